The summed E-state index contributed by atoms with van der Waals surface area (Å²) in [4.78, 5) is 2.43. The van der Waals surface area contributed by atoms with Crippen LogP contribution in [0, 0.1) is 0 Å². The van der Waals surface area contributed by atoms with Crippen LogP contribution in [0.15, 0.2) is 11.4 Å². The fraction of sp³-hybridized carbons (Fsp3) is 0.733. The van der Waals surface area contributed by atoms with E-state index in [2.05, 4.69) is 44.0 Å². The Labute approximate surface area is 131 Å². The molecule has 0 amide bonds. The SMILES string of the molecule is CC1(C)OB(c2sccc2CN2CCOCC2)OC1(C)C. The molecule has 3 heterocycles. The van der Waals surface area contributed by atoms with Gasteiger partial charge in [0.2, 0.25) is 0 Å². The molecule has 0 saturated carbocycles. The van der Waals surface area contributed by atoms with Crippen LogP contribution in [0.1, 0.15) is 33.3 Å². The minimum absolute atomic E-state index is 0.244. The van der Waals surface area contributed by atoms with Crippen molar-refractivity contribution in [3.63, 3.8) is 0 Å². The number of hydrogen-bond donors (Lipinski definition) is 0. The van der Waals surface area contributed by atoms with E-state index in [0.29, 0.717) is 0 Å². The lowest BCUT2D eigenvalue weighted by Crippen LogP contribution is -2.41. The van der Waals surface area contributed by atoms with E-state index in [-0.39, 0.29) is 18.3 Å². The summed E-state index contributed by atoms with van der Waals surface area (Å²) >= 11 is 1.73. The molecule has 3 rings (SSSR count). The zero-order chi connectivity index (χ0) is 15.1. The molecule has 2 fully saturated rings. The molecule has 4 nitrogen and oxygen atoms in total. The smallest absolute Gasteiger partial charge is 0.399 e. The first kappa shape index (κ1) is 15.5. The first-order valence-corrected chi connectivity index (χ1v) is 8.49. The Bertz CT molecular complexity index is 481. The predicted octanol–water partition coefficient (Wildman–Crippen LogP) is 1.88. The van der Waals surface area contributed by atoms with Gasteiger partial charge in [-0.25, -0.2) is 0 Å². The molecule has 6 heteroatoms. The topological polar surface area (TPSA) is 30.9 Å². The Morgan fingerprint density at radius 3 is 2.38 bits per heavy atom. The maximum Gasteiger partial charge on any atom is 0.505 e. The highest BCUT2D eigenvalue weighted by Gasteiger charge is 2.52. The van der Waals surface area contributed by atoms with Crippen molar-refractivity contribution < 1.29 is 14.0 Å². The molecule has 2 saturated heterocycles. The molecule has 0 aliphatic carbocycles. The quantitative estimate of drug-likeness (QED) is 0.798. The molecule has 0 atom stereocenters. The number of hydrogen-bond acceptors (Lipinski definition) is 5. The minimum Gasteiger partial charge on any atom is -0.399 e. The first-order valence-electron chi connectivity index (χ1n) is 7.61. The van der Waals surface area contributed by atoms with Crippen molar-refractivity contribution in [1.29, 1.82) is 0 Å². The average molecular weight is 309 g/mol. The lowest BCUT2D eigenvalue weighted by Gasteiger charge is -2.32. The van der Waals surface area contributed by atoms with E-state index in [1.807, 2.05) is 0 Å². The van der Waals surface area contributed by atoms with E-state index < -0.39 is 0 Å². The maximum atomic E-state index is 6.18. The van der Waals surface area contributed by atoms with Gasteiger partial charge in [0, 0.05) is 24.4 Å². The van der Waals surface area contributed by atoms with Gasteiger partial charge in [0.1, 0.15) is 0 Å². The van der Waals surface area contributed by atoms with E-state index in [1.54, 1.807) is 11.3 Å². The Morgan fingerprint density at radius 2 is 1.76 bits per heavy atom. The van der Waals surface area contributed by atoms with Crippen LogP contribution in [0.5, 0.6) is 0 Å². The molecule has 0 bridgehead atoms. The summed E-state index contributed by atoms with van der Waals surface area (Å²) in [5.74, 6) is 0. The van der Waals surface area contributed by atoms with Crippen molar-refractivity contribution in [2.45, 2.75) is 45.4 Å². The highest BCUT2D eigenvalue weighted by molar-refractivity contribution is 7.21. The minimum atomic E-state index is -0.280. The van der Waals surface area contributed by atoms with Crippen LogP contribution in [-0.2, 0) is 20.6 Å². The number of morpholine rings is 1. The van der Waals surface area contributed by atoms with Crippen LogP contribution >= 0.6 is 11.3 Å². The second kappa shape index (κ2) is 5.67. The van der Waals surface area contributed by atoms with Crippen LogP contribution < -0.4 is 4.78 Å². The fourth-order valence-corrected chi connectivity index (χ4v) is 3.51. The zero-order valence-corrected chi connectivity index (χ0v) is 14.2. The zero-order valence-electron chi connectivity index (χ0n) is 13.3. The predicted molar refractivity (Wildman–Crippen MR) is 86.1 cm³/mol. The van der Waals surface area contributed by atoms with Gasteiger partial charge in [-0.1, -0.05) is 0 Å². The van der Waals surface area contributed by atoms with Crippen molar-refractivity contribution in [2.24, 2.45) is 0 Å². The lowest BCUT2D eigenvalue weighted by molar-refractivity contribution is 0.00578. The van der Waals surface area contributed by atoms with Crippen molar-refractivity contribution >= 4 is 23.2 Å². The number of nitrogens with zero attached hydrogens (tertiary/aromatic N) is 1. The van der Waals surface area contributed by atoms with Crippen molar-refractivity contribution in [3.8, 4) is 0 Å². The summed E-state index contributed by atoms with van der Waals surface area (Å²) < 4.78 is 19.0. The number of rotatable bonds is 3. The molecule has 0 aromatic carbocycles. The largest absolute Gasteiger partial charge is 0.505 e. The maximum absolute atomic E-state index is 6.18. The van der Waals surface area contributed by atoms with Gasteiger partial charge in [0.05, 0.1) is 24.4 Å². The van der Waals surface area contributed by atoms with Crippen LogP contribution in [0.3, 0.4) is 0 Å². The number of ether oxygens (including phenoxy) is 1. The first-order chi connectivity index (χ1) is 9.89. The van der Waals surface area contributed by atoms with E-state index >= 15 is 0 Å². The Morgan fingerprint density at radius 1 is 1.14 bits per heavy atom. The van der Waals surface area contributed by atoms with Crippen LogP contribution in [0.4, 0.5) is 0 Å². The Balaban J connectivity index is 1.74. The second-order valence-electron chi connectivity index (χ2n) is 6.79. The molecule has 0 spiro atoms. The summed E-state index contributed by atoms with van der Waals surface area (Å²) in [5.41, 5.74) is 0.760. The van der Waals surface area contributed by atoms with Crippen LogP contribution in [0.25, 0.3) is 0 Å². The van der Waals surface area contributed by atoms with Crippen LogP contribution in [-0.4, -0.2) is 49.5 Å². The summed E-state index contributed by atoms with van der Waals surface area (Å²) in [6.45, 7) is 13.0. The van der Waals surface area contributed by atoms with Crippen molar-refractivity contribution in [2.75, 3.05) is 26.3 Å². The standard InChI is InChI=1S/C15H24BNO3S/c1-14(2)15(3,4)20-16(19-14)13-12(5-10-21-13)11-17-6-8-18-9-7-17/h5,10H,6-9,11H2,1-4H3. The Kier molecular flexibility index (Phi) is 4.18. The molecule has 116 valence electrons. The molecule has 0 N–H and O–H groups in total. The van der Waals surface area contributed by atoms with Gasteiger partial charge in [-0.05, 0) is 44.7 Å². The third-order valence-corrected chi connectivity index (χ3v) is 5.73. The average Bonchev–Trinajstić information content (AvgIpc) is 2.94. The van der Waals surface area contributed by atoms with Gasteiger partial charge in [0.25, 0.3) is 0 Å². The fourth-order valence-electron chi connectivity index (χ4n) is 2.64. The van der Waals surface area contributed by atoms with E-state index in [9.17, 15) is 0 Å². The molecule has 1 aromatic rings. The van der Waals surface area contributed by atoms with Crippen LogP contribution in [0.2, 0.25) is 0 Å². The highest BCUT2D eigenvalue weighted by atomic mass is 32.1. The molecule has 1 aromatic heterocycles. The summed E-state index contributed by atoms with van der Waals surface area (Å²) in [5, 5.41) is 2.14. The molecular weight excluding hydrogens is 285 g/mol. The van der Waals surface area contributed by atoms with Crippen molar-refractivity contribution in [3.05, 3.63) is 17.0 Å². The monoisotopic (exact) mass is 309 g/mol. The van der Waals surface area contributed by atoms with Gasteiger partial charge < -0.3 is 14.0 Å². The van der Waals surface area contributed by atoms with Gasteiger partial charge in [-0.3, -0.25) is 4.90 Å². The second-order valence-corrected chi connectivity index (χ2v) is 7.73. The summed E-state index contributed by atoms with van der Waals surface area (Å²) in [6, 6.07) is 2.19. The normalized spacial score (nSPS) is 25.4. The summed E-state index contributed by atoms with van der Waals surface area (Å²) in [7, 11) is -0.244. The van der Waals surface area contributed by atoms with Gasteiger partial charge >= 0.3 is 7.12 Å². The third kappa shape index (κ3) is 3.05. The lowest BCUT2D eigenvalue weighted by atomic mass is 9.84. The van der Waals surface area contributed by atoms with Crippen molar-refractivity contribution in [1.82, 2.24) is 4.90 Å². The molecule has 0 radical (unpaired) electrons. The third-order valence-electron chi connectivity index (χ3n) is 4.75. The summed E-state index contributed by atoms with van der Waals surface area (Å²) in [6.07, 6.45) is 0. The van der Waals surface area contributed by atoms with Gasteiger partial charge in [0.15, 0.2) is 0 Å². The Hall–Kier alpha value is -0.395. The van der Waals surface area contributed by atoms with E-state index in [0.717, 1.165) is 32.8 Å². The van der Waals surface area contributed by atoms with Gasteiger partial charge in [-0.15, -0.1) is 0 Å². The molecule has 0 unspecified atom stereocenters. The van der Waals surface area contributed by atoms with E-state index in [1.165, 1.54) is 10.3 Å². The molecule has 21 heavy (non-hydrogen) atoms. The molecular formula is C15H24BNO3S. The number of thiophene rings is 1. The van der Waals surface area contributed by atoms with Gasteiger partial charge in [-0.2, -0.15) is 11.3 Å². The van der Waals surface area contributed by atoms with E-state index in [4.69, 9.17) is 14.0 Å². The highest BCUT2D eigenvalue weighted by Crippen LogP contribution is 2.37. The molecule has 2 aliphatic heterocycles. The molecule has 2 aliphatic rings.